The number of rotatable bonds is 14. The van der Waals surface area contributed by atoms with Crippen LogP contribution in [0, 0.1) is 0 Å². The van der Waals surface area contributed by atoms with E-state index in [1.54, 1.807) is 0 Å². The highest BCUT2D eigenvalue weighted by molar-refractivity contribution is 6.00. The minimum atomic E-state index is 0.555. The third kappa shape index (κ3) is 7.91. The number of unbranched alkanes of at least 4 members (excludes halogenated alkanes) is 4. The first-order valence-corrected chi connectivity index (χ1v) is 20.1. The fourth-order valence-electron chi connectivity index (χ4n) is 8.02. The highest BCUT2D eigenvalue weighted by Gasteiger charge is 2.18. The van der Waals surface area contributed by atoms with Crippen LogP contribution in [0.1, 0.15) is 63.9 Å². The van der Waals surface area contributed by atoms with Crippen LogP contribution in [0.25, 0.3) is 32.7 Å². The second kappa shape index (κ2) is 16.9. The lowest BCUT2D eigenvalue weighted by molar-refractivity contribution is 0.567. The Morgan fingerprint density at radius 2 is 0.800 bits per heavy atom. The highest BCUT2D eigenvalue weighted by atomic mass is 15.1. The second-order valence-electron chi connectivity index (χ2n) is 14.8. The van der Waals surface area contributed by atoms with Gasteiger partial charge in [0.2, 0.25) is 0 Å². The summed E-state index contributed by atoms with van der Waals surface area (Å²) < 4.78 is 0. The van der Waals surface area contributed by atoms with Crippen molar-refractivity contribution in [1.29, 1.82) is 0 Å². The molecule has 0 heterocycles. The zero-order valence-corrected chi connectivity index (χ0v) is 32.1. The van der Waals surface area contributed by atoms with E-state index in [1.807, 2.05) is 0 Å². The number of benzene rings is 8. The number of para-hydroxylation sites is 1. The van der Waals surface area contributed by atoms with Gasteiger partial charge in [0.1, 0.15) is 0 Å². The molecule has 2 heteroatoms. The molecule has 8 aromatic rings. The van der Waals surface area contributed by atoms with E-state index in [0.717, 1.165) is 17.1 Å². The van der Waals surface area contributed by atoms with E-state index >= 15 is 0 Å². The smallest absolute Gasteiger partial charge is 0.0540 e. The number of hydrogen-bond acceptors (Lipinski definition) is 2. The van der Waals surface area contributed by atoms with E-state index in [4.69, 9.17) is 0 Å². The number of nitrogens with zero attached hydrogens (tertiary/aromatic N) is 2. The molecule has 8 rings (SSSR count). The van der Waals surface area contributed by atoms with Crippen LogP contribution >= 0.6 is 0 Å². The molecule has 0 saturated heterocycles. The van der Waals surface area contributed by atoms with Gasteiger partial charge in [-0.3, -0.25) is 0 Å². The third-order valence-corrected chi connectivity index (χ3v) is 11.1. The van der Waals surface area contributed by atoms with Gasteiger partial charge in [-0.15, -0.1) is 0 Å². The Bertz CT molecular complexity index is 2440. The molecule has 0 bridgehead atoms. The summed E-state index contributed by atoms with van der Waals surface area (Å²) in [5, 5.41) is 4.94. The van der Waals surface area contributed by atoms with Crippen molar-refractivity contribution in [1.82, 2.24) is 0 Å². The Hall–Kier alpha value is -6.12. The predicted octanol–water partition coefficient (Wildman–Crippen LogP) is 16.1. The van der Waals surface area contributed by atoms with E-state index in [1.165, 1.54) is 93.8 Å². The Labute approximate surface area is 327 Å². The first-order valence-electron chi connectivity index (χ1n) is 20.1. The Balaban J connectivity index is 1.10. The van der Waals surface area contributed by atoms with Crippen LogP contribution in [0.3, 0.4) is 0 Å². The van der Waals surface area contributed by atoms with Crippen LogP contribution in [-0.2, 0) is 0 Å². The molecule has 1 unspecified atom stereocenters. The maximum atomic E-state index is 2.41. The molecule has 2 nitrogen and oxygen atoms in total. The molecule has 55 heavy (non-hydrogen) atoms. The molecule has 0 radical (unpaired) electrons. The van der Waals surface area contributed by atoms with Crippen LogP contribution < -0.4 is 9.80 Å². The van der Waals surface area contributed by atoms with Crippen molar-refractivity contribution in [3.63, 3.8) is 0 Å². The SMILES string of the molecule is CCCCCCCC(C)c1ccc(N(c2ccc(-c3ccc(N(c4ccccc4)c4cccc5ccccc45)cc3)cc2)c2cccc3ccccc23)cc1. The first kappa shape index (κ1) is 35.9. The van der Waals surface area contributed by atoms with Crippen molar-refractivity contribution in [2.45, 2.75) is 58.3 Å². The zero-order chi connectivity index (χ0) is 37.4. The molecule has 0 aromatic heterocycles. The molecule has 0 saturated carbocycles. The summed E-state index contributed by atoms with van der Waals surface area (Å²) in [4.78, 5) is 4.77. The molecule has 0 amide bonds. The van der Waals surface area contributed by atoms with Crippen molar-refractivity contribution in [3.05, 3.63) is 194 Å². The van der Waals surface area contributed by atoms with Crippen molar-refractivity contribution in [2.24, 2.45) is 0 Å². The van der Waals surface area contributed by atoms with Gasteiger partial charge in [-0.2, -0.15) is 0 Å². The average molecular weight is 715 g/mol. The standard InChI is InChI=1S/C53H50N2/c1-3-4-5-6-8-17-40(2)41-28-34-47(35-29-41)55(53-27-16-21-45-19-12-14-25-51(45)53)49-38-32-43(33-39-49)42-30-36-48(37-31-42)54(46-22-9-7-10-23-46)52-26-15-20-44-18-11-13-24-50(44)52/h7,9-16,18-40H,3-6,8,17H2,1-2H3. The molecule has 8 aromatic carbocycles. The van der Waals surface area contributed by atoms with Gasteiger partial charge in [-0.25, -0.2) is 0 Å². The van der Waals surface area contributed by atoms with Crippen molar-refractivity contribution in [3.8, 4) is 11.1 Å². The van der Waals surface area contributed by atoms with Gasteiger partial charge >= 0.3 is 0 Å². The number of fused-ring (bicyclic) bond motifs is 2. The van der Waals surface area contributed by atoms with E-state index in [2.05, 4.69) is 212 Å². The molecule has 0 aliphatic heterocycles. The van der Waals surface area contributed by atoms with Gasteiger partial charge in [0.15, 0.2) is 0 Å². The zero-order valence-electron chi connectivity index (χ0n) is 32.1. The van der Waals surface area contributed by atoms with Crippen molar-refractivity contribution < 1.29 is 0 Å². The predicted molar refractivity (Wildman–Crippen MR) is 238 cm³/mol. The van der Waals surface area contributed by atoms with E-state index in [9.17, 15) is 0 Å². The Kier molecular flexibility index (Phi) is 11.0. The van der Waals surface area contributed by atoms with Gasteiger partial charge in [0.25, 0.3) is 0 Å². The van der Waals surface area contributed by atoms with E-state index < -0.39 is 0 Å². The summed E-state index contributed by atoms with van der Waals surface area (Å²) in [5.74, 6) is 0.555. The van der Waals surface area contributed by atoms with Crippen molar-refractivity contribution in [2.75, 3.05) is 9.80 Å². The molecule has 272 valence electrons. The summed E-state index contributed by atoms with van der Waals surface area (Å²) in [6, 6.07) is 68.5. The van der Waals surface area contributed by atoms with E-state index in [-0.39, 0.29) is 0 Å². The van der Waals surface area contributed by atoms with Gasteiger partial charge in [-0.05, 0) is 100 Å². The largest absolute Gasteiger partial charge is 0.310 e. The van der Waals surface area contributed by atoms with Crippen LogP contribution in [0.5, 0.6) is 0 Å². The third-order valence-electron chi connectivity index (χ3n) is 11.1. The Morgan fingerprint density at radius 1 is 0.382 bits per heavy atom. The van der Waals surface area contributed by atoms with Crippen LogP contribution in [-0.4, -0.2) is 0 Å². The molecule has 0 spiro atoms. The quantitative estimate of drug-likeness (QED) is 0.103. The molecule has 0 aliphatic rings. The first-order chi connectivity index (χ1) is 27.2. The fourth-order valence-corrected chi connectivity index (χ4v) is 8.02. The van der Waals surface area contributed by atoms with Crippen LogP contribution in [0.4, 0.5) is 34.1 Å². The highest BCUT2D eigenvalue weighted by Crippen LogP contribution is 2.42. The van der Waals surface area contributed by atoms with Crippen molar-refractivity contribution >= 4 is 55.7 Å². The minimum Gasteiger partial charge on any atom is -0.310 e. The molecule has 0 N–H and O–H groups in total. The minimum absolute atomic E-state index is 0.555. The lowest BCUT2D eigenvalue weighted by atomic mass is 9.94. The summed E-state index contributed by atoms with van der Waals surface area (Å²) in [7, 11) is 0. The normalized spacial score (nSPS) is 11.8. The summed E-state index contributed by atoms with van der Waals surface area (Å²) in [6.45, 7) is 4.66. The molecule has 0 aliphatic carbocycles. The molecular weight excluding hydrogens is 665 g/mol. The molecular formula is C53H50N2. The van der Waals surface area contributed by atoms with Gasteiger partial charge in [0.05, 0.1) is 11.4 Å². The second-order valence-corrected chi connectivity index (χ2v) is 14.8. The maximum Gasteiger partial charge on any atom is 0.0540 e. The lowest BCUT2D eigenvalue weighted by Gasteiger charge is -2.28. The topological polar surface area (TPSA) is 6.48 Å². The lowest BCUT2D eigenvalue weighted by Crippen LogP contribution is -2.11. The fraction of sp³-hybridized carbons (Fsp3) is 0.170. The van der Waals surface area contributed by atoms with Gasteiger partial charge in [-0.1, -0.05) is 173 Å². The van der Waals surface area contributed by atoms with Gasteiger partial charge < -0.3 is 9.80 Å². The van der Waals surface area contributed by atoms with Crippen LogP contribution in [0.2, 0.25) is 0 Å². The summed E-state index contributed by atoms with van der Waals surface area (Å²) >= 11 is 0. The monoisotopic (exact) mass is 714 g/mol. The van der Waals surface area contributed by atoms with Crippen LogP contribution in [0.15, 0.2) is 188 Å². The maximum absolute atomic E-state index is 2.41. The molecule has 0 fully saturated rings. The number of hydrogen-bond donors (Lipinski definition) is 0. The summed E-state index contributed by atoms with van der Waals surface area (Å²) in [6.07, 6.45) is 7.87. The molecule has 1 atom stereocenters. The summed E-state index contributed by atoms with van der Waals surface area (Å²) in [5.41, 5.74) is 10.7. The number of anilines is 6. The Morgan fingerprint density at radius 3 is 1.31 bits per heavy atom. The average Bonchev–Trinajstić information content (AvgIpc) is 3.25. The van der Waals surface area contributed by atoms with E-state index in [0.29, 0.717) is 5.92 Å². The van der Waals surface area contributed by atoms with Gasteiger partial charge in [0, 0.05) is 33.5 Å².